The molecule has 0 bridgehead atoms. The standard InChI is InChI=1S/C9H7Br2NO/c10-4-6-1-2-8-7(3-6)12-9(5-11)13-8/h1-3H,4-5H2. The van der Waals surface area contributed by atoms with Crippen molar-refractivity contribution in [1.29, 1.82) is 0 Å². The van der Waals surface area contributed by atoms with Crippen LogP contribution in [-0.2, 0) is 10.7 Å². The minimum Gasteiger partial charge on any atom is -0.440 e. The first kappa shape index (κ1) is 9.21. The lowest BCUT2D eigenvalue weighted by Crippen LogP contribution is -1.76. The lowest BCUT2D eigenvalue weighted by Gasteiger charge is -1.91. The molecule has 0 atom stereocenters. The summed E-state index contributed by atoms with van der Waals surface area (Å²) in [6.07, 6.45) is 0. The first-order chi connectivity index (χ1) is 6.33. The predicted octanol–water partition coefficient (Wildman–Crippen LogP) is 3.62. The van der Waals surface area contributed by atoms with Gasteiger partial charge in [-0.05, 0) is 17.7 Å². The van der Waals surface area contributed by atoms with Crippen molar-refractivity contribution < 1.29 is 4.42 Å². The van der Waals surface area contributed by atoms with E-state index >= 15 is 0 Å². The normalized spacial score (nSPS) is 10.9. The molecule has 1 heterocycles. The van der Waals surface area contributed by atoms with E-state index in [0.29, 0.717) is 5.33 Å². The van der Waals surface area contributed by atoms with Crippen LogP contribution >= 0.6 is 31.9 Å². The molecule has 0 saturated carbocycles. The van der Waals surface area contributed by atoms with Crippen LogP contribution in [0.15, 0.2) is 22.6 Å². The lowest BCUT2D eigenvalue weighted by atomic mass is 10.2. The second-order valence-corrected chi connectivity index (χ2v) is 3.80. The molecule has 0 fully saturated rings. The molecule has 0 spiro atoms. The van der Waals surface area contributed by atoms with Crippen molar-refractivity contribution in [3.8, 4) is 0 Å². The zero-order valence-electron chi connectivity index (χ0n) is 6.76. The summed E-state index contributed by atoms with van der Waals surface area (Å²) < 4.78 is 5.44. The first-order valence-corrected chi connectivity index (χ1v) is 6.08. The fraction of sp³-hybridized carbons (Fsp3) is 0.222. The Hall–Kier alpha value is -0.350. The zero-order valence-corrected chi connectivity index (χ0v) is 9.93. The molecule has 0 unspecified atom stereocenters. The van der Waals surface area contributed by atoms with Gasteiger partial charge in [0.05, 0.1) is 5.33 Å². The molecule has 0 aliphatic rings. The average molecular weight is 305 g/mol. The third kappa shape index (κ3) is 1.79. The number of oxazole rings is 1. The van der Waals surface area contributed by atoms with E-state index in [9.17, 15) is 0 Å². The fourth-order valence-corrected chi connectivity index (χ4v) is 1.75. The highest BCUT2D eigenvalue weighted by Crippen LogP contribution is 2.19. The van der Waals surface area contributed by atoms with Crippen molar-refractivity contribution in [2.24, 2.45) is 0 Å². The molecule has 1 aromatic heterocycles. The van der Waals surface area contributed by atoms with Crippen LogP contribution in [0.2, 0.25) is 0 Å². The third-order valence-corrected chi connectivity index (χ3v) is 2.89. The van der Waals surface area contributed by atoms with Gasteiger partial charge >= 0.3 is 0 Å². The maximum absolute atomic E-state index is 5.44. The summed E-state index contributed by atoms with van der Waals surface area (Å²) in [5.41, 5.74) is 2.98. The summed E-state index contributed by atoms with van der Waals surface area (Å²) in [6.45, 7) is 0. The smallest absolute Gasteiger partial charge is 0.206 e. The number of aromatic nitrogens is 1. The average Bonchev–Trinajstić information content (AvgIpc) is 2.58. The van der Waals surface area contributed by atoms with Gasteiger partial charge < -0.3 is 4.42 Å². The molecule has 2 nitrogen and oxygen atoms in total. The van der Waals surface area contributed by atoms with Crippen LogP contribution in [0.3, 0.4) is 0 Å². The van der Waals surface area contributed by atoms with Gasteiger partial charge in [-0.1, -0.05) is 37.9 Å². The Labute approximate surface area is 92.6 Å². The van der Waals surface area contributed by atoms with Gasteiger partial charge in [0.1, 0.15) is 5.52 Å². The molecule has 0 aliphatic heterocycles. The highest BCUT2D eigenvalue weighted by molar-refractivity contribution is 9.08. The van der Waals surface area contributed by atoms with Gasteiger partial charge in [0.15, 0.2) is 5.58 Å². The molecule has 0 aliphatic carbocycles. The van der Waals surface area contributed by atoms with E-state index in [1.54, 1.807) is 0 Å². The number of benzene rings is 1. The molecule has 0 saturated heterocycles. The molecule has 2 aromatic rings. The molecular formula is C9H7Br2NO. The van der Waals surface area contributed by atoms with E-state index in [-0.39, 0.29) is 0 Å². The fourth-order valence-electron chi connectivity index (χ4n) is 1.16. The second-order valence-electron chi connectivity index (χ2n) is 2.68. The molecule has 1 aromatic carbocycles. The maximum Gasteiger partial charge on any atom is 0.206 e. The van der Waals surface area contributed by atoms with Crippen LogP contribution in [0.4, 0.5) is 0 Å². The SMILES string of the molecule is BrCc1ccc2oc(CBr)nc2c1. The van der Waals surface area contributed by atoms with Gasteiger partial charge in [0, 0.05) is 5.33 Å². The second kappa shape index (κ2) is 3.80. The van der Waals surface area contributed by atoms with E-state index in [1.807, 2.05) is 18.2 Å². The molecule has 0 amide bonds. The summed E-state index contributed by atoms with van der Waals surface area (Å²) in [5, 5.41) is 1.50. The molecule has 2 rings (SSSR count). The van der Waals surface area contributed by atoms with Crippen LogP contribution in [0.5, 0.6) is 0 Å². The summed E-state index contributed by atoms with van der Waals surface area (Å²) >= 11 is 6.71. The van der Waals surface area contributed by atoms with Crippen molar-refractivity contribution in [1.82, 2.24) is 4.98 Å². The topological polar surface area (TPSA) is 26.0 Å². The Morgan fingerprint density at radius 1 is 1.23 bits per heavy atom. The van der Waals surface area contributed by atoms with Gasteiger partial charge in [-0.3, -0.25) is 0 Å². The number of alkyl halides is 2. The number of hydrogen-bond acceptors (Lipinski definition) is 2. The lowest BCUT2D eigenvalue weighted by molar-refractivity contribution is 0.557. The largest absolute Gasteiger partial charge is 0.440 e. The number of rotatable bonds is 2. The van der Waals surface area contributed by atoms with E-state index in [2.05, 4.69) is 36.8 Å². The van der Waals surface area contributed by atoms with Crippen molar-refractivity contribution >= 4 is 43.0 Å². The Bertz CT molecular complexity index is 422. The highest BCUT2D eigenvalue weighted by Gasteiger charge is 2.04. The van der Waals surface area contributed by atoms with Crippen LogP contribution < -0.4 is 0 Å². The van der Waals surface area contributed by atoms with Crippen LogP contribution in [0.1, 0.15) is 11.5 Å². The van der Waals surface area contributed by atoms with Gasteiger partial charge in [0.25, 0.3) is 0 Å². The quantitative estimate of drug-likeness (QED) is 0.792. The van der Waals surface area contributed by atoms with Crippen molar-refractivity contribution in [2.45, 2.75) is 10.7 Å². The first-order valence-electron chi connectivity index (χ1n) is 3.84. The van der Waals surface area contributed by atoms with Crippen LogP contribution in [0.25, 0.3) is 11.1 Å². The minimum atomic E-state index is 0.658. The molecule has 0 radical (unpaired) electrons. The molecule has 68 valence electrons. The highest BCUT2D eigenvalue weighted by atomic mass is 79.9. The molecule has 0 N–H and O–H groups in total. The van der Waals surface area contributed by atoms with Crippen molar-refractivity contribution in [3.05, 3.63) is 29.7 Å². The van der Waals surface area contributed by atoms with Crippen LogP contribution in [-0.4, -0.2) is 4.98 Å². The number of halogens is 2. The van der Waals surface area contributed by atoms with Gasteiger partial charge in [-0.25, -0.2) is 4.98 Å². The third-order valence-electron chi connectivity index (χ3n) is 1.76. The van der Waals surface area contributed by atoms with Crippen molar-refractivity contribution in [2.75, 3.05) is 0 Å². The maximum atomic E-state index is 5.44. The zero-order chi connectivity index (χ0) is 9.26. The molecule has 13 heavy (non-hydrogen) atoms. The van der Waals surface area contributed by atoms with Gasteiger partial charge in [-0.15, -0.1) is 0 Å². The summed E-state index contributed by atoms with van der Waals surface area (Å²) in [5.74, 6) is 0.724. The number of nitrogens with zero attached hydrogens (tertiary/aromatic N) is 1. The van der Waals surface area contributed by atoms with E-state index in [0.717, 1.165) is 22.3 Å². The van der Waals surface area contributed by atoms with Gasteiger partial charge in [0.2, 0.25) is 5.89 Å². The van der Waals surface area contributed by atoms with E-state index in [1.165, 1.54) is 5.56 Å². The Kier molecular flexibility index (Phi) is 2.69. The van der Waals surface area contributed by atoms with Gasteiger partial charge in [-0.2, -0.15) is 0 Å². The Balaban J connectivity index is 2.57. The van der Waals surface area contributed by atoms with E-state index in [4.69, 9.17) is 4.42 Å². The minimum absolute atomic E-state index is 0.658. The monoisotopic (exact) mass is 303 g/mol. The Morgan fingerprint density at radius 3 is 2.77 bits per heavy atom. The summed E-state index contributed by atoms with van der Waals surface area (Å²) in [4.78, 5) is 4.31. The van der Waals surface area contributed by atoms with Crippen LogP contribution in [0, 0.1) is 0 Å². The Morgan fingerprint density at radius 2 is 2.08 bits per heavy atom. The predicted molar refractivity (Wildman–Crippen MR) is 59.3 cm³/mol. The van der Waals surface area contributed by atoms with E-state index < -0.39 is 0 Å². The molecule has 4 heteroatoms. The summed E-state index contributed by atoms with van der Waals surface area (Å²) in [6, 6.07) is 6.01. The number of hydrogen-bond donors (Lipinski definition) is 0. The van der Waals surface area contributed by atoms with Crippen molar-refractivity contribution in [3.63, 3.8) is 0 Å². The summed E-state index contributed by atoms with van der Waals surface area (Å²) in [7, 11) is 0. The number of fused-ring (bicyclic) bond motifs is 1. The molecular weight excluding hydrogens is 298 g/mol.